The molecule has 0 bridgehead atoms. The summed E-state index contributed by atoms with van der Waals surface area (Å²) in [5, 5.41) is 0.673. The van der Waals surface area contributed by atoms with E-state index < -0.39 is 23.6 Å². The molecule has 1 aromatic carbocycles. The maximum atomic E-state index is 13.0. The Labute approximate surface area is 157 Å². The van der Waals surface area contributed by atoms with Crippen LogP contribution in [0, 0.1) is 6.92 Å². The summed E-state index contributed by atoms with van der Waals surface area (Å²) in [4.78, 5) is 40.4. The summed E-state index contributed by atoms with van der Waals surface area (Å²) < 4.78 is 7.05. The van der Waals surface area contributed by atoms with E-state index in [9.17, 15) is 14.4 Å². The molecule has 0 fully saturated rings. The van der Waals surface area contributed by atoms with Gasteiger partial charge in [-0.15, -0.1) is 0 Å². The average Bonchev–Trinajstić information content (AvgIpc) is 2.80. The molecule has 1 N–H and O–H groups in total. The second-order valence-corrected chi connectivity index (χ2v) is 6.46. The number of carbonyl (C=O) groups is 1. The van der Waals surface area contributed by atoms with Gasteiger partial charge < -0.3 is 9.72 Å². The number of nitrogens with one attached hydrogen (secondary N) is 1. The number of halogens is 2. The highest BCUT2D eigenvalue weighted by Crippen LogP contribution is 2.30. The molecule has 0 spiro atoms. The van der Waals surface area contributed by atoms with E-state index in [2.05, 4.69) is 4.98 Å². The number of ether oxygens (including phenoxy) is 1. The number of hydrogen-bond acceptors (Lipinski definition) is 4. The van der Waals surface area contributed by atoms with Gasteiger partial charge in [0.25, 0.3) is 11.1 Å². The number of H-pyrrole nitrogens is 1. The predicted molar refractivity (Wildman–Crippen MR) is 99.1 cm³/mol. The molecule has 9 heteroatoms. The molecule has 0 atom stereocenters. The van der Waals surface area contributed by atoms with Crippen LogP contribution in [0.3, 0.4) is 0 Å². The van der Waals surface area contributed by atoms with Gasteiger partial charge in [0.15, 0.2) is 0 Å². The van der Waals surface area contributed by atoms with E-state index in [0.717, 1.165) is 9.20 Å². The lowest BCUT2D eigenvalue weighted by Gasteiger charge is -2.05. The summed E-state index contributed by atoms with van der Waals surface area (Å²) >= 11 is 12.2. The standard InChI is InChI=1S/C17H15Cl2N3O4/c1-3-26-14(24)8-21-17(25)15(11-5-4-10(18)7-12(11)19)16-20-9(2)6-13(23)22(16)21/h4-7,20H,3,8H2,1-2H3. The van der Waals surface area contributed by atoms with Gasteiger partial charge in [-0.25, -0.2) is 4.68 Å². The lowest BCUT2D eigenvalue weighted by atomic mass is 10.1. The molecule has 3 aromatic rings. The van der Waals surface area contributed by atoms with Crippen LogP contribution >= 0.6 is 23.2 Å². The van der Waals surface area contributed by atoms with Crippen molar-refractivity contribution in [1.82, 2.24) is 14.2 Å². The van der Waals surface area contributed by atoms with Crippen LogP contribution in [0.25, 0.3) is 16.8 Å². The van der Waals surface area contributed by atoms with Crippen molar-refractivity contribution in [3.63, 3.8) is 0 Å². The lowest BCUT2D eigenvalue weighted by Crippen LogP contribution is -2.30. The van der Waals surface area contributed by atoms with Crippen molar-refractivity contribution in [2.75, 3.05) is 6.61 Å². The number of rotatable bonds is 4. The Hall–Kier alpha value is -2.51. The number of aromatic amines is 1. The van der Waals surface area contributed by atoms with Gasteiger partial charge in [-0.3, -0.25) is 14.4 Å². The number of esters is 1. The largest absolute Gasteiger partial charge is 0.465 e. The minimum atomic E-state index is -0.622. The van der Waals surface area contributed by atoms with E-state index in [4.69, 9.17) is 27.9 Å². The van der Waals surface area contributed by atoms with Gasteiger partial charge in [0.1, 0.15) is 12.2 Å². The van der Waals surface area contributed by atoms with Crippen LogP contribution in [0.1, 0.15) is 12.6 Å². The zero-order valence-corrected chi connectivity index (χ0v) is 15.5. The van der Waals surface area contributed by atoms with E-state index in [1.54, 1.807) is 26.0 Å². The number of hydrogen-bond donors (Lipinski definition) is 1. The molecule has 0 saturated heterocycles. The van der Waals surface area contributed by atoms with Crippen LogP contribution in [0.15, 0.2) is 33.9 Å². The summed E-state index contributed by atoms with van der Waals surface area (Å²) in [6, 6.07) is 6.03. The fourth-order valence-electron chi connectivity index (χ4n) is 2.77. The molecule has 0 unspecified atom stereocenters. The molecule has 2 aromatic heterocycles. The first-order valence-corrected chi connectivity index (χ1v) is 8.55. The number of nitrogens with zero attached hydrogens (tertiary/aromatic N) is 2. The van der Waals surface area contributed by atoms with E-state index in [1.807, 2.05) is 0 Å². The molecule has 0 aliphatic rings. The van der Waals surface area contributed by atoms with Crippen LogP contribution < -0.4 is 11.1 Å². The van der Waals surface area contributed by atoms with E-state index in [0.29, 0.717) is 16.3 Å². The van der Waals surface area contributed by atoms with Crippen LogP contribution in [0.2, 0.25) is 10.0 Å². The number of aromatic nitrogens is 3. The Bertz CT molecular complexity index is 1130. The molecule has 7 nitrogen and oxygen atoms in total. The Morgan fingerprint density at radius 1 is 1.23 bits per heavy atom. The fourth-order valence-corrected chi connectivity index (χ4v) is 3.27. The third-order valence-electron chi connectivity index (χ3n) is 3.79. The summed E-state index contributed by atoms with van der Waals surface area (Å²) in [6.45, 7) is 3.13. The zero-order chi connectivity index (χ0) is 19.0. The predicted octanol–water partition coefficient (Wildman–Crippen LogP) is 2.63. The summed E-state index contributed by atoms with van der Waals surface area (Å²) in [5.41, 5.74) is 0.401. The third kappa shape index (κ3) is 3.15. The highest BCUT2D eigenvalue weighted by atomic mass is 35.5. The highest BCUT2D eigenvalue weighted by Gasteiger charge is 2.22. The van der Waals surface area contributed by atoms with Crippen molar-refractivity contribution in [1.29, 1.82) is 0 Å². The van der Waals surface area contributed by atoms with Gasteiger partial charge in [-0.2, -0.15) is 4.52 Å². The molecule has 0 radical (unpaired) electrons. The molecule has 0 amide bonds. The zero-order valence-electron chi connectivity index (χ0n) is 14.0. The number of fused-ring (bicyclic) bond motifs is 1. The van der Waals surface area contributed by atoms with Crippen molar-refractivity contribution >= 4 is 34.8 Å². The molecule has 0 aliphatic carbocycles. The maximum absolute atomic E-state index is 13.0. The summed E-state index contributed by atoms with van der Waals surface area (Å²) in [5.74, 6) is -0.622. The molecule has 0 saturated carbocycles. The van der Waals surface area contributed by atoms with Crippen LogP contribution in [-0.4, -0.2) is 26.8 Å². The van der Waals surface area contributed by atoms with Gasteiger partial charge in [0, 0.05) is 22.3 Å². The van der Waals surface area contributed by atoms with Gasteiger partial charge >= 0.3 is 5.97 Å². The van der Waals surface area contributed by atoms with Gasteiger partial charge in [-0.05, 0) is 26.0 Å². The molecular weight excluding hydrogens is 381 g/mol. The minimum Gasteiger partial charge on any atom is -0.465 e. The SMILES string of the molecule is CCOC(=O)Cn1c(=O)c(-c2ccc(Cl)cc2Cl)c2[nH]c(C)cc(=O)n21. The van der Waals surface area contributed by atoms with E-state index in [-0.39, 0.29) is 22.8 Å². The number of benzene rings is 1. The molecule has 0 aliphatic heterocycles. The smallest absolute Gasteiger partial charge is 0.327 e. The van der Waals surface area contributed by atoms with Crippen LogP contribution in [0.4, 0.5) is 0 Å². The Kier molecular flexibility index (Phi) is 4.93. The third-order valence-corrected chi connectivity index (χ3v) is 4.34. The van der Waals surface area contributed by atoms with Crippen molar-refractivity contribution in [3.8, 4) is 11.1 Å². The van der Waals surface area contributed by atoms with E-state index in [1.165, 1.54) is 12.1 Å². The second kappa shape index (κ2) is 7.01. The fraction of sp³-hybridized carbons (Fsp3) is 0.235. The van der Waals surface area contributed by atoms with Crippen molar-refractivity contribution in [2.24, 2.45) is 0 Å². The first-order chi connectivity index (χ1) is 12.3. The Morgan fingerprint density at radius 3 is 2.62 bits per heavy atom. The molecular formula is C17H15Cl2N3O4. The molecule has 26 heavy (non-hydrogen) atoms. The number of carbonyl (C=O) groups excluding carboxylic acids is 1. The average molecular weight is 396 g/mol. The summed E-state index contributed by atoms with van der Waals surface area (Å²) in [7, 11) is 0. The van der Waals surface area contributed by atoms with Crippen LogP contribution in [-0.2, 0) is 16.1 Å². The molecule has 3 rings (SSSR count). The minimum absolute atomic E-state index is 0.169. The van der Waals surface area contributed by atoms with Gasteiger partial charge in [0.05, 0.1) is 17.2 Å². The van der Waals surface area contributed by atoms with E-state index >= 15 is 0 Å². The first kappa shape index (κ1) is 18.3. The van der Waals surface area contributed by atoms with Crippen molar-refractivity contribution in [2.45, 2.75) is 20.4 Å². The summed E-state index contributed by atoms with van der Waals surface area (Å²) in [6.07, 6.45) is 0. The number of aryl methyl sites for hydroxylation is 1. The normalized spacial score (nSPS) is 11.1. The van der Waals surface area contributed by atoms with Crippen molar-refractivity contribution in [3.05, 3.63) is 60.7 Å². The van der Waals surface area contributed by atoms with Crippen LogP contribution in [0.5, 0.6) is 0 Å². The van der Waals surface area contributed by atoms with Gasteiger partial charge in [0.2, 0.25) is 0 Å². The topological polar surface area (TPSA) is 85.6 Å². The molecule has 2 heterocycles. The first-order valence-electron chi connectivity index (χ1n) is 7.80. The molecule has 136 valence electrons. The monoisotopic (exact) mass is 395 g/mol. The second-order valence-electron chi connectivity index (χ2n) is 5.62. The Balaban J connectivity index is 2.36. The highest BCUT2D eigenvalue weighted by molar-refractivity contribution is 6.36. The lowest BCUT2D eigenvalue weighted by molar-refractivity contribution is -0.144. The quantitative estimate of drug-likeness (QED) is 0.687. The van der Waals surface area contributed by atoms with Crippen molar-refractivity contribution < 1.29 is 9.53 Å². The Morgan fingerprint density at radius 2 is 1.96 bits per heavy atom. The maximum Gasteiger partial charge on any atom is 0.327 e. The van der Waals surface area contributed by atoms with Gasteiger partial charge in [-0.1, -0.05) is 29.3 Å².